The van der Waals surface area contributed by atoms with Crippen LogP contribution in [0.1, 0.15) is 35.1 Å². The quantitative estimate of drug-likeness (QED) is 0.156. The van der Waals surface area contributed by atoms with Crippen LogP contribution in [0.2, 0.25) is 0 Å². The third kappa shape index (κ3) is 5.43. The summed E-state index contributed by atoms with van der Waals surface area (Å²) in [5, 5.41) is 10.6. The molecule has 53 heavy (non-hydrogen) atoms. The molecule has 1 saturated carbocycles. The molecule has 3 aliphatic carbocycles. The van der Waals surface area contributed by atoms with E-state index in [0.717, 1.165) is 11.1 Å². The fourth-order valence-corrected chi connectivity index (χ4v) is 9.33. The van der Waals surface area contributed by atoms with Gasteiger partial charge in [-0.05, 0) is 59.2 Å². The van der Waals surface area contributed by atoms with E-state index in [-0.39, 0.29) is 53.6 Å². The van der Waals surface area contributed by atoms with Gasteiger partial charge in [-0.25, -0.2) is 0 Å². The smallest absolute Gasteiger partial charge is 0.234 e. The lowest BCUT2D eigenvalue weighted by Crippen LogP contribution is -2.59. The van der Waals surface area contributed by atoms with E-state index in [0.29, 0.717) is 28.7 Å². The highest BCUT2D eigenvalue weighted by molar-refractivity contribution is 6.31. The number of rotatable bonds is 8. The normalized spacial score (nSPS) is 26.5. The van der Waals surface area contributed by atoms with E-state index in [9.17, 15) is 14.7 Å². The second-order valence-corrected chi connectivity index (χ2v) is 14.2. The first-order chi connectivity index (χ1) is 25.8. The highest BCUT2D eigenvalue weighted by atomic mass is 16.5. The van der Waals surface area contributed by atoms with Gasteiger partial charge in [0, 0.05) is 17.4 Å². The van der Waals surface area contributed by atoms with Crippen LogP contribution in [-0.2, 0) is 31.1 Å². The molecule has 6 atom stereocenters. The molecule has 0 bridgehead atoms. The van der Waals surface area contributed by atoms with Crippen molar-refractivity contribution in [1.82, 2.24) is 4.90 Å². The summed E-state index contributed by atoms with van der Waals surface area (Å²) in [6.45, 7) is 0.178. The molecule has 8 rings (SSSR count). The summed E-state index contributed by atoms with van der Waals surface area (Å²) in [5.41, 5.74) is 2.77. The first-order valence-corrected chi connectivity index (χ1v) is 17.9. The van der Waals surface area contributed by atoms with E-state index in [1.54, 1.807) is 12.1 Å². The van der Waals surface area contributed by atoms with Gasteiger partial charge in [0.25, 0.3) is 0 Å². The van der Waals surface area contributed by atoms with E-state index in [2.05, 4.69) is 0 Å². The maximum Gasteiger partial charge on any atom is 0.234 e. The van der Waals surface area contributed by atoms with Gasteiger partial charge in [-0.2, -0.15) is 0 Å². The summed E-state index contributed by atoms with van der Waals surface area (Å²) in [7, 11) is 2.91. The van der Waals surface area contributed by atoms with Crippen LogP contribution in [0.15, 0.2) is 127 Å². The minimum Gasteiger partial charge on any atom is -0.502 e. The number of carbonyl (C=O) groups is 4. The van der Waals surface area contributed by atoms with Gasteiger partial charge < -0.3 is 14.6 Å². The number of amides is 2. The Kier molecular flexibility index (Phi) is 8.69. The van der Waals surface area contributed by atoms with Crippen LogP contribution in [0.3, 0.4) is 0 Å². The number of hydrogen-bond donors (Lipinski definition) is 1. The van der Waals surface area contributed by atoms with E-state index in [4.69, 9.17) is 9.47 Å². The molecule has 0 spiro atoms. The van der Waals surface area contributed by atoms with Crippen LogP contribution in [0.25, 0.3) is 11.6 Å². The first-order valence-electron chi connectivity index (χ1n) is 17.9. The van der Waals surface area contributed by atoms with Gasteiger partial charge in [0.05, 0.1) is 38.0 Å². The Morgan fingerprint density at radius 2 is 1.43 bits per heavy atom. The number of imide groups is 1. The maximum atomic E-state index is 15.1. The fourth-order valence-electron chi connectivity index (χ4n) is 9.33. The average Bonchev–Trinajstić information content (AvgIpc) is 3.44. The van der Waals surface area contributed by atoms with E-state index < -0.39 is 35.0 Å². The van der Waals surface area contributed by atoms with Crippen LogP contribution in [0, 0.1) is 29.6 Å². The number of hydrogen-bond acceptors (Lipinski definition) is 7. The number of likely N-dealkylation sites (tertiary alicyclic amines) is 1. The topological polar surface area (TPSA) is 110 Å². The molecule has 1 saturated heterocycles. The summed E-state index contributed by atoms with van der Waals surface area (Å²) < 4.78 is 10.9. The maximum absolute atomic E-state index is 15.1. The lowest BCUT2D eigenvalue weighted by molar-refractivity contribution is -0.141. The average molecular weight is 706 g/mol. The van der Waals surface area contributed by atoms with Gasteiger partial charge in [-0.3, -0.25) is 24.1 Å². The molecule has 1 heterocycles. The molecule has 2 fully saturated rings. The number of phenols is 1. The van der Waals surface area contributed by atoms with Crippen LogP contribution >= 0.6 is 0 Å². The van der Waals surface area contributed by atoms with E-state index in [1.807, 2.05) is 109 Å². The van der Waals surface area contributed by atoms with Crippen molar-refractivity contribution in [1.29, 1.82) is 0 Å². The minimum atomic E-state index is -1.33. The molecule has 1 aliphatic heterocycles. The summed E-state index contributed by atoms with van der Waals surface area (Å²) in [4.78, 5) is 60.0. The minimum absolute atomic E-state index is 0.136. The van der Waals surface area contributed by atoms with Crippen LogP contribution in [0.4, 0.5) is 0 Å². The monoisotopic (exact) mass is 705 g/mol. The number of carbonyl (C=O) groups excluding carboxylic acids is 4. The predicted octanol–water partition coefficient (Wildman–Crippen LogP) is 6.98. The van der Waals surface area contributed by atoms with Crippen molar-refractivity contribution in [3.8, 4) is 17.2 Å². The summed E-state index contributed by atoms with van der Waals surface area (Å²) >= 11 is 0. The van der Waals surface area contributed by atoms with Crippen molar-refractivity contribution in [3.63, 3.8) is 0 Å². The Morgan fingerprint density at radius 1 is 0.811 bits per heavy atom. The number of nitrogens with zero attached hydrogens (tertiary/aromatic N) is 1. The van der Waals surface area contributed by atoms with E-state index in [1.165, 1.54) is 25.2 Å². The fraction of sp³-hybridized carbons (Fsp3) is 0.244. The zero-order chi connectivity index (χ0) is 36.9. The Labute approximate surface area is 308 Å². The largest absolute Gasteiger partial charge is 0.502 e. The number of aromatic hydroxyl groups is 1. The van der Waals surface area contributed by atoms with Crippen LogP contribution in [0.5, 0.6) is 17.2 Å². The molecule has 0 radical (unpaired) electrons. The summed E-state index contributed by atoms with van der Waals surface area (Å²) in [6.07, 6.45) is 7.93. The number of phenolic OH excluding ortho intramolecular Hbond substituents is 1. The van der Waals surface area contributed by atoms with Crippen molar-refractivity contribution in [2.24, 2.45) is 29.6 Å². The SMILES string of the molecule is COc1cc(C=CC2C3=CCC4C(=O)N(Cc5ccccc5)C(=O)C4C3CC3C(=O)C(c4ccccc4)=CC(=O)C23c2ccccc2)cc(OC)c1O. The highest BCUT2D eigenvalue weighted by Gasteiger charge is 2.65. The third-order valence-electron chi connectivity index (χ3n) is 11.7. The molecule has 8 heteroatoms. The Balaban J connectivity index is 1.31. The number of ketones is 2. The zero-order valence-corrected chi connectivity index (χ0v) is 29.5. The molecule has 8 nitrogen and oxygen atoms in total. The lowest BCUT2D eigenvalue weighted by atomic mass is 9.45. The number of methoxy groups -OCH3 is 2. The number of allylic oxidation sites excluding steroid dienone is 5. The Morgan fingerprint density at radius 3 is 2.08 bits per heavy atom. The molecule has 0 aromatic heterocycles. The molecule has 4 aromatic carbocycles. The Hall–Kier alpha value is -6.02. The summed E-state index contributed by atoms with van der Waals surface area (Å²) in [6, 6.07) is 31.5. The van der Waals surface area contributed by atoms with Gasteiger partial charge >= 0.3 is 0 Å². The molecular weight excluding hydrogens is 666 g/mol. The second-order valence-electron chi connectivity index (χ2n) is 14.2. The molecule has 4 aliphatic rings. The second kappa shape index (κ2) is 13.5. The number of fused-ring (bicyclic) bond motifs is 4. The molecule has 266 valence electrons. The van der Waals surface area contributed by atoms with Gasteiger partial charge in [0.1, 0.15) is 0 Å². The van der Waals surface area contributed by atoms with Crippen molar-refractivity contribution >= 4 is 35.0 Å². The number of ether oxygens (including phenoxy) is 2. The Bertz CT molecular complexity index is 2180. The molecule has 4 aromatic rings. The number of benzene rings is 4. The standard InChI is InChI=1S/C45H39NO7/c1-52-37-22-28(23-38(53-2)42(37)49)18-21-35-31-19-20-32-40(44(51)46(43(32)50)26-27-12-6-3-7-13-27)34(31)24-36-41(48)33(29-14-8-4-9-15-29)25-39(47)45(35,36)30-16-10-5-11-17-30/h3-19,21-23,25,32,34-36,40,49H,20,24,26H2,1-2H3. The van der Waals surface area contributed by atoms with Crippen molar-refractivity contribution < 1.29 is 33.8 Å². The van der Waals surface area contributed by atoms with Crippen molar-refractivity contribution in [2.75, 3.05) is 14.2 Å². The highest BCUT2D eigenvalue weighted by Crippen LogP contribution is 2.61. The van der Waals surface area contributed by atoms with Gasteiger partial charge in [0.2, 0.25) is 17.6 Å². The first kappa shape index (κ1) is 34.1. The molecular formula is C45H39NO7. The van der Waals surface area contributed by atoms with Gasteiger partial charge in [-0.15, -0.1) is 0 Å². The zero-order valence-electron chi connectivity index (χ0n) is 29.5. The van der Waals surface area contributed by atoms with Crippen LogP contribution < -0.4 is 9.47 Å². The molecule has 1 N–H and O–H groups in total. The van der Waals surface area contributed by atoms with Crippen molar-refractivity contribution in [2.45, 2.75) is 24.8 Å². The lowest BCUT2D eigenvalue weighted by Gasteiger charge is -2.54. The van der Waals surface area contributed by atoms with Crippen molar-refractivity contribution in [3.05, 3.63) is 149 Å². The predicted molar refractivity (Wildman–Crippen MR) is 200 cm³/mol. The van der Waals surface area contributed by atoms with Gasteiger partial charge in [0.15, 0.2) is 23.1 Å². The summed E-state index contributed by atoms with van der Waals surface area (Å²) in [5.74, 6) is -3.67. The molecule has 6 unspecified atom stereocenters. The number of Topliss-reactive ketones (excluding diaryl/α,β-unsaturated/α-hetero) is 1. The van der Waals surface area contributed by atoms with E-state index >= 15 is 9.59 Å². The molecule has 2 amide bonds. The third-order valence-corrected chi connectivity index (χ3v) is 11.7. The van der Waals surface area contributed by atoms with Gasteiger partial charge in [-0.1, -0.05) is 115 Å². The van der Waals surface area contributed by atoms with Crippen LogP contribution in [-0.4, -0.2) is 47.6 Å².